The zero-order valence-corrected chi connectivity index (χ0v) is 14.7. The molecule has 3 aliphatic rings. The third kappa shape index (κ3) is 3.62. The summed E-state index contributed by atoms with van der Waals surface area (Å²) in [6, 6.07) is 1.67. The number of rotatable bonds is 3. The molecule has 1 aromatic rings. The average Bonchev–Trinajstić information content (AvgIpc) is 3.25. The van der Waals surface area contributed by atoms with Crippen LogP contribution in [0.1, 0.15) is 37.2 Å². The Kier molecular flexibility index (Phi) is 4.85. The Morgan fingerprint density at radius 1 is 1.20 bits per heavy atom. The summed E-state index contributed by atoms with van der Waals surface area (Å²) in [5.74, 6) is 0.836. The lowest BCUT2D eigenvalue weighted by Crippen LogP contribution is -2.37. The lowest BCUT2D eigenvalue weighted by atomic mass is 10.1. The second kappa shape index (κ2) is 7.25. The molecule has 1 aromatic heterocycles. The Balaban J connectivity index is 1.55. The molecule has 1 atom stereocenters. The van der Waals surface area contributed by atoms with Crippen molar-refractivity contribution in [2.75, 3.05) is 32.8 Å². The smallest absolute Gasteiger partial charge is 0.253 e. The molecule has 0 spiro atoms. The number of carbonyl (C=O) groups is 1. The van der Waals surface area contributed by atoms with Gasteiger partial charge in [-0.1, -0.05) is 0 Å². The molecule has 0 aliphatic carbocycles. The van der Waals surface area contributed by atoms with E-state index in [1.807, 2.05) is 4.90 Å². The molecule has 0 bridgehead atoms. The maximum absolute atomic E-state index is 12.7. The van der Waals surface area contributed by atoms with E-state index in [0.717, 1.165) is 44.0 Å². The van der Waals surface area contributed by atoms with E-state index in [-0.39, 0.29) is 17.4 Å². The molecular weight excluding hydrogens is 320 g/mol. The third-order valence-corrected chi connectivity index (χ3v) is 5.46. The fourth-order valence-corrected chi connectivity index (χ4v) is 4.06. The Labute approximate surface area is 147 Å². The van der Waals surface area contributed by atoms with E-state index in [1.165, 1.54) is 12.8 Å². The van der Waals surface area contributed by atoms with Gasteiger partial charge in [-0.05, 0) is 38.8 Å². The van der Waals surface area contributed by atoms with Crippen molar-refractivity contribution in [3.8, 4) is 0 Å². The highest BCUT2D eigenvalue weighted by Gasteiger charge is 2.30. The highest BCUT2D eigenvalue weighted by Crippen LogP contribution is 2.19. The highest BCUT2D eigenvalue weighted by molar-refractivity contribution is 5.79. The number of nitrogens with zero attached hydrogens (tertiary/aromatic N) is 4. The van der Waals surface area contributed by atoms with Crippen molar-refractivity contribution >= 4 is 5.91 Å². The summed E-state index contributed by atoms with van der Waals surface area (Å²) in [4.78, 5) is 34.2. The summed E-state index contributed by atoms with van der Waals surface area (Å²) in [5.41, 5.74) is 0.842. The molecule has 4 rings (SSSR count). The normalized spacial score (nSPS) is 24.3. The van der Waals surface area contributed by atoms with E-state index in [4.69, 9.17) is 9.72 Å². The van der Waals surface area contributed by atoms with Gasteiger partial charge in [-0.2, -0.15) is 0 Å². The van der Waals surface area contributed by atoms with Crippen LogP contribution in [0.25, 0.3) is 0 Å². The van der Waals surface area contributed by atoms with Crippen molar-refractivity contribution in [1.29, 1.82) is 0 Å². The van der Waals surface area contributed by atoms with E-state index < -0.39 is 0 Å². The Bertz CT molecular complexity index is 690. The van der Waals surface area contributed by atoms with Gasteiger partial charge in [0, 0.05) is 32.3 Å². The van der Waals surface area contributed by atoms with Crippen LogP contribution in [0.15, 0.2) is 10.9 Å². The molecule has 2 fully saturated rings. The first-order valence-corrected chi connectivity index (χ1v) is 9.39. The molecule has 0 saturated carbocycles. The molecule has 25 heavy (non-hydrogen) atoms. The first-order chi connectivity index (χ1) is 12.2. The molecule has 3 aliphatic heterocycles. The number of likely N-dealkylation sites (tertiary alicyclic amines) is 1. The quantitative estimate of drug-likeness (QED) is 0.802. The van der Waals surface area contributed by atoms with Crippen LogP contribution < -0.4 is 5.56 Å². The van der Waals surface area contributed by atoms with Gasteiger partial charge in [0.15, 0.2) is 0 Å². The van der Waals surface area contributed by atoms with Crippen molar-refractivity contribution in [2.45, 2.75) is 45.3 Å². The Morgan fingerprint density at radius 3 is 2.80 bits per heavy atom. The van der Waals surface area contributed by atoms with Gasteiger partial charge in [-0.25, -0.2) is 4.98 Å². The molecule has 4 heterocycles. The number of amides is 1. The minimum Gasteiger partial charge on any atom is -0.381 e. The molecule has 136 valence electrons. The monoisotopic (exact) mass is 346 g/mol. The number of ether oxygens (including phenoxy) is 1. The molecule has 1 amide bonds. The molecule has 0 aromatic carbocycles. The summed E-state index contributed by atoms with van der Waals surface area (Å²) in [6.45, 7) is 5.81. The zero-order valence-electron chi connectivity index (χ0n) is 14.7. The lowest BCUT2D eigenvalue weighted by Gasteiger charge is -2.23. The molecule has 0 radical (unpaired) electrons. The maximum atomic E-state index is 12.7. The SMILES string of the molecule is O=C(C1CCOC1)N1CCCn2c(nc(CN3CCCC3)cc2=O)C1. The van der Waals surface area contributed by atoms with Crippen LogP contribution in [0, 0.1) is 5.92 Å². The molecular formula is C18H26N4O3. The predicted octanol–water partition coefficient (Wildman–Crippen LogP) is 0.608. The summed E-state index contributed by atoms with van der Waals surface area (Å²) >= 11 is 0. The van der Waals surface area contributed by atoms with Crippen molar-refractivity contribution in [3.05, 3.63) is 27.9 Å². The topological polar surface area (TPSA) is 67.7 Å². The first-order valence-electron chi connectivity index (χ1n) is 9.39. The van der Waals surface area contributed by atoms with Crippen LogP contribution in [-0.4, -0.2) is 58.1 Å². The molecule has 7 heteroatoms. The minimum absolute atomic E-state index is 0.0118. The van der Waals surface area contributed by atoms with Crippen molar-refractivity contribution in [3.63, 3.8) is 0 Å². The largest absolute Gasteiger partial charge is 0.381 e. The highest BCUT2D eigenvalue weighted by atomic mass is 16.5. The summed E-state index contributed by atoms with van der Waals surface area (Å²) in [6.07, 6.45) is 4.02. The molecule has 7 nitrogen and oxygen atoms in total. The Hall–Kier alpha value is -1.73. The van der Waals surface area contributed by atoms with Gasteiger partial charge in [0.25, 0.3) is 5.56 Å². The van der Waals surface area contributed by atoms with Gasteiger partial charge in [0.1, 0.15) is 5.82 Å². The molecule has 0 N–H and O–H groups in total. The van der Waals surface area contributed by atoms with Crippen LogP contribution in [-0.2, 0) is 29.2 Å². The summed E-state index contributed by atoms with van der Waals surface area (Å²) < 4.78 is 7.10. The van der Waals surface area contributed by atoms with Gasteiger partial charge in [-0.3, -0.25) is 19.1 Å². The second-order valence-corrected chi connectivity index (χ2v) is 7.31. The number of fused-ring (bicyclic) bond motifs is 1. The van der Waals surface area contributed by atoms with Gasteiger partial charge >= 0.3 is 0 Å². The maximum Gasteiger partial charge on any atom is 0.253 e. The van der Waals surface area contributed by atoms with Gasteiger partial charge in [-0.15, -0.1) is 0 Å². The summed E-state index contributed by atoms with van der Waals surface area (Å²) in [5, 5.41) is 0. The van der Waals surface area contributed by atoms with Crippen LogP contribution in [0.2, 0.25) is 0 Å². The van der Waals surface area contributed by atoms with Gasteiger partial charge < -0.3 is 9.64 Å². The number of hydrogen-bond acceptors (Lipinski definition) is 5. The van der Waals surface area contributed by atoms with Crippen molar-refractivity contribution in [2.24, 2.45) is 5.92 Å². The second-order valence-electron chi connectivity index (χ2n) is 7.31. The van der Waals surface area contributed by atoms with E-state index in [1.54, 1.807) is 10.6 Å². The predicted molar refractivity (Wildman–Crippen MR) is 92.0 cm³/mol. The first kappa shape index (κ1) is 16.7. The number of carbonyl (C=O) groups excluding carboxylic acids is 1. The van der Waals surface area contributed by atoms with Crippen molar-refractivity contribution < 1.29 is 9.53 Å². The fourth-order valence-electron chi connectivity index (χ4n) is 4.06. The van der Waals surface area contributed by atoms with Crippen LogP contribution >= 0.6 is 0 Å². The van der Waals surface area contributed by atoms with Gasteiger partial charge in [0.2, 0.25) is 5.91 Å². The van der Waals surface area contributed by atoms with E-state index in [2.05, 4.69) is 4.90 Å². The van der Waals surface area contributed by atoms with Crippen LogP contribution in [0.3, 0.4) is 0 Å². The Morgan fingerprint density at radius 2 is 2.04 bits per heavy atom. The minimum atomic E-state index is -0.0361. The van der Waals surface area contributed by atoms with Crippen molar-refractivity contribution in [1.82, 2.24) is 19.4 Å². The standard InChI is InChI=1S/C18H26N4O3/c23-17-10-15(11-20-5-1-2-6-20)19-16-12-21(7-3-8-22(16)17)18(24)14-4-9-25-13-14/h10,14H,1-9,11-13H2. The third-order valence-electron chi connectivity index (χ3n) is 5.46. The lowest BCUT2D eigenvalue weighted by molar-refractivity contribution is -0.136. The van der Waals surface area contributed by atoms with E-state index >= 15 is 0 Å². The van der Waals surface area contributed by atoms with Crippen LogP contribution in [0.4, 0.5) is 0 Å². The molecule has 1 unspecified atom stereocenters. The van der Waals surface area contributed by atoms with Crippen LogP contribution in [0.5, 0.6) is 0 Å². The van der Waals surface area contributed by atoms with E-state index in [9.17, 15) is 9.59 Å². The van der Waals surface area contributed by atoms with Gasteiger partial charge in [0.05, 0.1) is 24.8 Å². The summed E-state index contributed by atoms with van der Waals surface area (Å²) in [7, 11) is 0. The number of aromatic nitrogens is 2. The van der Waals surface area contributed by atoms with E-state index in [0.29, 0.717) is 32.8 Å². The number of hydrogen-bond donors (Lipinski definition) is 0. The average molecular weight is 346 g/mol. The zero-order chi connectivity index (χ0) is 17.2. The fraction of sp³-hybridized carbons (Fsp3) is 0.722. The molecule has 2 saturated heterocycles.